The molecule has 1 N–H and O–H groups in total. The minimum absolute atomic E-state index is 0.186. The van der Waals surface area contributed by atoms with E-state index in [1.165, 1.54) is 35.7 Å². The van der Waals surface area contributed by atoms with E-state index in [1.807, 2.05) is 0 Å². The van der Waals surface area contributed by atoms with Gasteiger partial charge in [-0.05, 0) is 64.7 Å². The lowest BCUT2D eigenvalue weighted by atomic mass is 10.1. The molecule has 2 aromatic carbocycles. The largest absolute Gasteiger partial charge is 0.573 e. The Morgan fingerprint density at radius 2 is 1.97 bits per heavy atom. The number of rotatable bonds is 6. The van der Waals surface area contributed by atoms with Gasteiger partial charge in [-0.2, -0.15) is 0 Å². The van der Waals surface area contributed by atoms with Crippen molar-refractivity contribution in [2.75, 3.05) is 13.2 Å². The lowest BCUT2D eigenvalue weighted by Gasteiger charge is -2.29. The van der Waals surface area contributed by atoms with Gasteiger partial charge in [-0.3, -0.25) is 9.36 Å². The summed E-state index contributed by atoms with van der Waals surface area (Å²) in [5.74, 6) is -1.04. The van der Waals surface area contributed by atoms with Crippen LogP contribution in [-0.2, 0) is 18.4 Å². The molecule has 0 radical (unpaired) electrons. The molecule has 1 aromatic heterocycles. The van der Waals surface area contributed by atoms with E-state index in [2.05, 4.69) is 10.1 Å². The minimum atomic E-state index is -4.82. The van der Waals surface area contributed by atoms with E-state index in [-0.39, 0.29) is 13.2 Å². The van der Waals surface area contributed by atoms with Gasteiger partial charge in [-0.15, -0.1) is 24.5 Å². The molecule has 3 aromatic rings. The van der Waals surface area contributed by atoms with Gasteiger partial charge in [0.15, 0.2) is 5.66 Å². The molecule has 0 spiro atoms. The summed E-state index contributed by atoms with van der Waals surface area (Å²) in [5.41, 5.74) is -0.452. The minimum Gasteiger partial charge on any atom is -0.406 e. The Labute approximate surface area is 201 Å². The van der Waals surface area contributed by atoms with E-state index in [0.717, 1.165) is 16.8 Å². The van der Waals surface area contributed by atoms with E-state index in [4.69, 9.17) is 20.6 Å². The Balaban J connectivity index is 1.60. The summed E-state index contributed by atoms with van der Waals surface area (Å²) < 4.78 is 66.6. The van der Waals surface area contributed by atoms with Crippen LogP contribution < -0.4 is 10.1 Å². The van der Waals surface area contributed by atoms with E-state index < -0.39 is 31.3 Å². The van der Waals surface area contributed by atoms with Crippen LogP contribution in [0.3, 0.4) is 0 Å². The normalized spacial score (nSPS) is 17.1. The highest BCUT2D eigenvalue weighted by Gasteiger charge is 2.45. The van der Waals surface area contributed by atoms with Crippen molar-refractivity contribution in [3.8, 4) is 5.75 Å². The fraction of sp³-hybridized carbons (Fsp3) is 0.227. The highest BCUT2D eigenvalue weighted by atomic mass is 35.5. The zero-order valence-electron chi connectivity index (χ0n) is 17.4. The molecule has 1 unspecified atom stereocenters. The van der Waals surface area contributed by atoms with Gasteiger partial charge in [0.2, 0.25) is 5.91 Å². The maximum absolute atomic E-state index is 13.5. The van der Waals surface area contributed by atoms with Crippen LogP contribution in [0.5, 0.6) is 5.75 Å². The van der Waals surface area contributed by atoms with Crippen LogP contribution in [0, 0.1) is 0 Å². The number of thiophene rings is 1. The number of ether oxygens (including phenoxy) is 1. The number of amides is 1. The number of alkyl halides is 3. The number of hydrogen-bond donors (Lipinski definition) is 1. The lowest BCUT2D eigenvalue weighted by molar-refractivity contribution is -0.274. The van der Waals surface area contributed by atoms with Crippen LogP contribution in [0.15, 0.2) is 54.0 Å². The predicted molar refractivity (Wildman–Crippen MR) is 124 cm³/mol. The molecule has 34 heavy (non-hydrogen) atoms. The molecule has 4 rings (SSSR count). The number of carbonyl (C=O) groups is 1. The molecule has 1 atom stereocenters. The van der Waals surface area contributed by atoms with Crippen molar-refractivity contribution < 1.29 is 36.3 Å². The summed E-state index contributed by atoms with van der Waals surface area (Å²) in [6.45, 7) is 0.372. The molecule has 1 saturated heterocycles. The Hall–Kier alpha value is -2.36. The first-order valence-corrected chi connectivity index (χ1v) is 12.9. The first-order valence-electron chi connectivity index (χ1n) is 10.0. The highest BCUT2D eigenvalue weighted by molar-refractivity contribution is 7.55. The average Bonchev–Trinajstić information content (AvgIpc) is 3.16. The molecule has 1 aliphatic rings. The van der Waals surface area contributed by atoms with Gasteiger partial charge < -0.3 is 19.1 Å². The third-order valence-corrected chi connectivity index (χ3v) is 8.30. The second-order valence-electron chi connectivity index (χ2n) is 7.26. The Morgan fingerprint density at radius 3 is 2.71 bits per heavy atom. The molecule has 12 heteroatoms. The third kappa shape index (κ3) is 5.82. The molecular formula is C22H18ClF3NO5PS. The molecule has 2 heterocycles. The Kier molecular flexibility index (Phi) is 7.35. The van der Waals surface area contributed by atoms with Crippen LogP contribution in [0.4, 0.5) is 13.2 Å². The van der Waals surface area contributed by atoms with Crippen LogP contribution >= 0.6 is 30.5 Å². The molecule has 0 bridgehead atoms. The molecule has 180 valence electrons. The van der Waals surface area contributed by atoms with Crippen LogP contribution in [0.2, 0.25) is 5.02 Å². The van der Waals surface area contributed by atoms with Crippen molar-refractivity contribution >= 4 is 52.6 Å². The highest BCUT2D eigenvalue weighted by Crippen LogP contribution is 2.63. The number of carbonyl (C=O) groups excluding carboxylic acids is 1. The van der Waals surface area contributed by atoms with Gasteiger partial charge >= 0.3 is 14.0 Å². The van der Waals surface area contributed by atoms with Crippen molar-refractivity contribution in [2.45, 2.75) is 18.4 Å². The molecule has 1 amide bonds. The Bertz CT molecular complexity index is 1270. The van der Waals surface area contributed by atoms with E-state index in [9.17, 15) is 22.5 Å². The van der Waals surface area contributed by atoms with Gasteiger partial charge in [0, 0.05) is 15.9 Å². The molecular weight excluding hydrogens is 514 g/mol. The fourth-order valence-electron chi connectivity index (χ4n) is 3.43. The van der Waals surface area contributed by atoms with E-state index in [0.29, 0.717) is 28.0 Å². The quantitative estimate of drug-likeness (QED) is 0.350. The van der Waals surface area contributed by atoms with Crippen molar-refractivity contribution in [3.05, 3.63) is 70.2 Å². The number of fused-ring (bicyclic) bond motifs is 1. The predicted octanol–water partition coefficient (Wildman–Crippen LogP) is 6.91. The van der Waals surface area contributed by atoms with Crippen molar-refractivity contribution in [1.29, 1.82) is 0 Å². The smallest absolute Gasteiger partial charge is 0.406 e. The van der Waals surface area contributed by atoms with Crippen LogP contribution in [-0.4, -0.2) is 25.5 Å². The molecule has 1 fully saturated rings. The zero-order valence-corrected chi connectivity index (χ0v) is 19.8. The zero-order chi connectivity index (χ0) is 24.3. The topological polar surface area (TPSA) is 73.9 Å². The summed E-state index contributed by atoms with van der Waals surface area (Å²) in [6.07, 6.45) is -1.63. The average molecular weight is 532 g/mol. The number of hydrogen-bond acceptors (Lipinski definition) is 6. The number of nitrogens with one attached hydrogen (secondary N) is 1. The van der Waals surface area contributed by atoms with Crippen LogP contribution in [0.25, 0.3) is 16.2 Å². The van der Waals surface area contributed by atoms with Crippen molar-refractivity contribution in [2.24, 2.45) is 0 Å². The van der Waals surface area contributed by atoms with Crippen LogP contribution in [0.1, 0.15) is 23.2 Å². The lowest BCUT2D eigenvalue weighted by Crippen LogP contribution is -2.28. The Morgan fingerprint density at radius 1 is 1.21 bits per heavy atom. The van der Waals surface area contributed by atoms with Gasteiger partial charge in [0.05, 0.1) is 13.2 Å². The standard InChI is InChI=1S/C22H18ClF3NO5PS/c23-15-5-6-19-17(12-15)18(13-34-19)20(33(29)30-9-2-10-31-33)21(28)27-8-7-14-3-1-4-16(11-14)32-22(24,25)26/h1,3-8,11-13,20H,2,9-10H2,(H,27,28)/b8-7+. The fourth-order valence-corrected chi connectivity index (χ4v) is 6.73. The van der Waals surface area contributed by atoms with Gasteiger partial charge in [0.25, 0.3) is 0 Å². The van der Waals surface area contributed by atoms with Gasteiger partial charge in [-0.1, -0.05) is 23.7 Å². The molecule has 6 nitrogen and oxygen atoms in total. The summed E-state index contributed by atoms with van der Waals surface area (Å²) in [7, 11) is -3.86. The number of benzene rings is 2. The third-order valence-electron chi connectivity index (χ3n) is 4.85. The molecule has 1 aliphatic heterocycles. The van der Waals surface area contributed by atoms with Gasteiger partial charge in [-0.25, -0.2) is 0 Å². The monoisotopic (exact) mass is 531 g/mol. The van der Waals surface area contributed by atoms with Gasteiger partial charge in [0.1, 0.15) is 5.75 Å². The van der Waals surface area contributed by atoms with E-state index >= 15 is 0 Å². The summed E-state index contributed by atoms with van der Waals surface area (Å²) >= 11 is 7.50. The summed E-state index contributed by atoms with van der Waals surface area (Å²) in [4.78, 5) is 13.2. The number of halogens is 4. The van der Waals surface area contributed by atoms with E-state index in [1.54, 1.807) is 23.6 Å². The SMILES string of the molecule is O=C(N/C=C/c1cccc(OC(F)(F)F)c1)C(c1csc2ccc(Cl)cc12)P1(=O)OCCCO1. The second kappa shape index (κ2) is 10.1. The van der Waals surface area contributed by atoms with Crippen molar-refractivity contribution in [1.82, 2.24) is 5.32 Å². The second-order valence-corrected chi connectivity index (χ2v) is 10.7. The van der Waals surface area contributed by atoms with Crippen molar-refractivity contribution in [3.63, 3.8) is 0 Å². The summed E-state index contributed by atoms with van der Waals surface area (Å²) in [6, 6.07) is 10.4. The maximum Gasteiger partial charge on any atom is 0.573 e. The first kappa shape index (κ1) is 24.8. The maximum atomic E-state index is 13.5. The molecule has 0 saturated carbocycles. The molecule has 0 aliphatic carbocycles. The summed E-state index contributed by atoms with van der Waals surface area (Å²) in [5, 5.41) is 5.38. The first-order chi connectivity index (χ1) is 16.1.